The standard InChI is InChI=1S/C10H21N3O/c1-2-7-12-10(11)13-8-5-3-4-6-9(8)14/h8-9,14H,2-7H2,1H3,(H3,11,12,13). The molecule has 0 saturated heterocycles. The molecule has 2 unspecified atom stereocenters. The fraction of sp³-hybridized carbons (Fsp3) is 0.900. The second-order valence-electron chi connectivity index (χ2n) is 3.87. The smallest absolute Gasteiger partial charge is 0.188 e. The first-order chi connectivity index (χ1) is 6.74. The van der Waals surface area contributed by atoms with E-state index in [0.717, 1.165) is 38.6 Å². The molecule has 0 amide bonds. The highest BCUT2D eigenvalue weighted by Gasteiger charge is 2.22. The second kappa shape index (κ2) is 5.86. The number of rotatable bonds is 3. The van der Waals surface area contributed by atoms with Crippen LogP contribution in [0.15, 0.2) is 4.99 Å². The fourth-order valence-electron chi connectivity index (χ4n) is 1.75. The van der Waals surface area contributed by atoms with Gasteiger partial charge in [-0.15, -0.1) is 0 Å². The number of nitrogens with zero attached hydrogens (tertiary/aromatic N) is 1. The van der Waals surface area contributed by atoms with Gasteiger partial charge in [-0.2, -0.15) is 0 Å². The van der Waals surface area contributed by atoms with Gasteiger partial charge < -0.3 is 16.2 Å². The Morgan fingerprint density at radius 2 is 2.21 bits per heavy atom. The zero-order chi connectivity index (χ0) is 10.4. The Bertz CT molecular complexity index is 194. The van der Waals surface area contributed by atoms with Crippen molar-refractivity contribution in [1.82, 2.24) is 5.32 Å². The molecule has 1 rings (SSSR count). The quantitative estimate of drug-likeness (QED) is 0.460. The van der Waals surface area contributed by atoms with Crippen LogP contribution in [0.1, 0.15) is 39.0 Å². The summed E-state index contributed by atoms with van der Waals surface area (Å²) in [6, 6.07) is 0.101. The predicted octanol–water partition coefficient (Wildman–Crippen LogP) is 0.604. The summed E-state index contributed by atoms with van der Waals surface area (Å²) < 4.78 is 0. The van der Waals surface area contributed by atoms with Crippen LogP contribution >= 0.6 is 0 Å². The molecule has 0 radical (unpaired) electrons. The number of aliphatic hydroxyl groups excluding tert-OH is 1. The highest BCUT2D eigenvalue weighted by Crippen LogP contribution is 2.17. The van der Waals surface area contributed by atoms with Crippen LogP contribution in [0.25, 0.3) is 0 Å². The molecule has 4 N–H and O–H groups in total. The molecule has 14 heavy (non-hydrogen) atoms. The van der Waals surface area contributed by atoms with Gasteiger partial charge in [0.15, 0.2) is 5.96 Å². The maximum absolute atomic E-state index is 9.67. The number of guanidine groups is 1. The van der Waals surface area contributed by atoms with Crippen molar-refractivity contribution in [3.05, 3.63) is 0 Å². The average Bonchev–Trinajstić information content (AvgIpc) is 2.18. The Kier molecular flexibility index (Phi) is 4.73. The van der Waals surface area contributed by atoms with Gasteiger partial charge in [-0.3, -0.25) is 4.99 Å². The number of nitrogens with one attached hydrogen (secondary N) is 1. The molecule has 0 aliphatic heterocycles. The molecule has 1 aliphatic rings. The molecule has 1 fully saturated rings. The third kappa shape index (κ3) is 3.54. The molecule has 4 heteroatoms. The van der Waals surface area contributed by atoms with Crippen LogP contribution in [0.4, 0.5) is 0 Å². The fourth-order valence-corrected chi connectivity index (χ4v) is 1.75. The zero-order valence-corrected chi connectivity index (χ0v) is 8.87. The van der Waals surface area contributed by atoms with Crippen molar-refractivity contribution in [2.75, 3.05) is 6.54 Å². The summed E-state index contributed by atoms with van der Waals surface area (Å²) in [7, 11) is 0. The average molecular weight is 199 g/mol. The van der Waals surface area contributed by atoms with Crippen LogP contribution in [-0.4, -0.2) is 29.8 Å². The number of nitrogens with two attached hydrogens (primary N) is 1. The van der Waals surface area contributed by atoms with Crippen LogP contribution in [0.3, 0.4) is 0 Å². The topological polar surface area (TPSA) is 70.6 Å². The van der Waals surface area contributed by atoms with E-state index in [1.165, 1.54) is 0 Å². The summed E-state index contributed by atoms with van der Waals surface area (Å²) in [5.41, 5.74) is 5.68. The van der Waals surface area contributed by atoms with Gasteiger partial charge in [-0.25, -0.2) is 0 Å². The Morgan fingerprint density at radius 1 is 1.50 bits per heavy atom. The van der Waals surface area contributed by atoms with E-state index in [-0.39, 0.29) is 12.1 Å². The van der Waals surface area contributed by atoms with Gasteiger partial charge in [0.25, 0.3) is 0 Å². The maximum atomic E-state index is 9.67. The highest BCUT2D eigenvalue weighted by molar-refractivity contribution is 5.78. The van der Waals surface area contributed by atoms with Crippen molar-refractivity contribution in [3.63, 3.8) is 0 Å². The number of aliphatic hydroxyl groups is 1. The van der Waals surface area contributed by atoms with Crippen LogP contribution in [-0.2, 0) is 0 Å². The van der Waals surface area contributed by atoms with Gasteiger partial charge in [0, 0.05) is 6.54 Å². The van der Waals surface area contributed by atoms with Crippen molar-refractivity contribution < 1.29 is 5.11 Å². The molecule has 0 heterocycles. The van der Waals surface area contributed by atoms with E-state index in [1.54, 1.807) is 0 Å². The summed E-state index contributed by atoms with van der Waals surface area (Å²) in [6.07, 6.45) is 4.87. The summed E-state index contributed by atoms with van der Waals surface area (Å²) in [5.74, 6) is 0.470. The van der Waals surface area contributed by atoms with Crippen LogP contribution in [0.2, 0.25) is 0 Å². The van der Waals surface area contributed by atoms with Crippen molar-refractivity contribution >= 4 is 5.96 Å². The van der Waals surface area contributed by atoms with Crippen LogP contribution in [0, 0.1) is 0 Å². The van der Waals surface area contributed by atoms with Gasteiger partial charge in [0.2, 0.25) is 0 Å². The minimum Gasteiger partial charge on any atom is -0.391 e. The zero-order valence-electron chi connectivity index (χ0n) is 8.87. The van der Waals surface area contributed by atoms with Crippen molar-refractivity contribution in [3.8, 4) is 0 Å². The lowest BCUT2D eigenvalue weighted by Gasteiger charge is -2.28. The maximum Gasteiger partial charge on any atom is 0.188 e. The molecule has 4 nitrogen and oxygen atoms in total. The molecule has 1 saturated carbocycles. The van der Waals surface area contributed by atoms with E-state index >= 15 is 0 Å². The van der Waals surface area contributed by atoms with Gasteiger partial charge >= 0.3 is 0 Å². The van der Waals surface area contributed by atoms with Gasteiger partial charge in [0.1, 0.15) is 0 Å². The van der Waals surface area contributed by atoms with Crippen molar-refractivity contribution in [2.45, 2.75) is 51.2 Å². The number of aliphatic imine (C=N–C) groups is 1. The lowest BCUT2D eigenvalue weighted by Crippen LogP contribution is -2.48. The lowest BCUT2D eigenvalue weighted by molar-refractivity contribution is 0.0996. The normalized spacial score (nSPS) is 28.9. The molecular formula is C10H21N3O. The predicted molar refractivity (Wildman–Crippen MR) is 58.2 cm³/mol. The SMILES string of the molecule is CCCN=C(N)NC1CCCCC1O. The van der Waals surface area contributed by atoms with Crippen LogP contribution in [0.5, 0.6) is 0 Å². The van der Waals surface area contributed by atoms with Crippen molar-refractivity contribution in [1.29, 1.82) is 0 Å². The molecule has 0 aromatic heterocycles. The molecular weight excluding hydrogens is 178 g/mol. The summed E-state index contributed by atoms with van der Waals surface area (Å²) >= 11 is 0. The van der Waals surface area contributed by atoms with E-state index in [1.807, 2.05) is 0 Å². The van der Waals surface area contributed by atoms with Crippen LogP contribution < -0.4 is 11.1 Å². The lowest BCUT2D eigenvalue weighted by atomic mass is 9.93. The summed E-state index contributed by atoms with van der Waals surface area (Å²) in [5, 5.41) is 12.8. The van der Waals surface area contributed by atoms with Gasteiger partial charge in [0.05, 0.1) is 12.1 Å². The number of hydrogen-bond acceptors (Lipinski definition) is 2. The Morgan fingerprint density at radius 3 is 2.86 bits per heavy atom. The van der Waals surface area contributed by atoms with Crippen molar-refractivity contribution in [2.24, 2.45) is 10.7 Å². The highest BCUT2D eigenvalue weighted by atomic mass is 16.3. The molecule has 2 atom stereocenters. The van der Waals surface area contributed by atoms with E-state index in [0.29, 0.717) is 5.96 Å². The van der Waals surface area contributed by atoms with Gasteiger partial charge in [-0.1, -0.05) is 19.8 Å². The van der Waals surface area contributed by atoms with Gasteiger partial charge in [-0.05, 0) is 19.3 Å². The molecule has 0 bridgehead atoms. The number of hydrogen-bond donors (Lipinski definition) is 3. The Hall–Kier alpha value is -0.770. The minimum atomic E-state index is -0.265. The Balaban J connectivity index is 2.34. The van der Waals surface area contributed by atoms with E-state index < -0.39 is 0 Å². The molecule has 1 aliphatic carbocycles. The minimum absolute atomic E-state index is 0.101. The molecule has 0 aromatic carbocycles. The second-order valence-corrected chi connectivity index (χ2v) is 3.87. The molecule has 0 spiro atoms. The summed E-state index contributed by atoms with van der Waals surface area (Å²) in [4.78, 5) is 4.14. The first-order valence-corrected chi connectivity index (χ1v) is 5.48. The summed E-state index contributed by atoms with van der Waals surface area (Å²) in [6.45, 7) is 2.81. The van der Waals surface area contributed by atoms with E-state index in [4.69, 9.17) is 5.73 Å². The molecule has 0 aromatic rings. The Labute approximate surface area is 85.6 Å². The van der Waals surface area contributed by atoms with E-state index in [2.05, 4.69) is 17.2 Å². The first kappa shape index (κ1) is 11.3. The van der Waals surface area contributed by atoms with E-state index in [9.17, 15) is 5.11 Å². The third-order valence-electron chi connectivity index (χ3n) is 2.57. The first-order valence-electron chi connectivity index (χ1n) is 5.48. The third-order valence-corrected chi connectivity index (χ3v) is 2.57. The monoisotopic (exact) mass is 199 g/mol. The largest absolute Gasteiger partial charge is 0.391 e. The molecule has 82 valence electrons.